The molecule has 3 nitrogen and oxygen atoms in total. The maximum Gasteiger partial charge on any atom is 0.0372 e. The van der Waals surface area contributed by atoms with Crippen molar-refractivity contribution in [3.05, 3.63) is 29.6 Å². The van der Waals surface area contributed by atoms with E-state index in [1.54, 1.807) is 0 Å². The number of aryl methyl sites for hydroxylation is 1. The minimum Gasteiger partial charge on any atom is -0.311 e. The lowest BCUT2D eigenvalue weighted by atomic mass is 9.97. The predicted octanol–water partition coefficient (Wildman–Crippen LogP) is 2.21. The predicted molar refractivity (Wildman–Crippen MR) is 75.5 cm³/mol. The molecule has 1 saturated heterocycles. The second kappa shape index (κ2) is 6.30. The van der Waals surface area contributed by atoms with Crippen molar-refractivity contribution >= 4 is 0 Å². The van der Waals surface area contributed by atoms with Gasteiger partial charge >= 0.3 is 0 Å². The van der Waals surface area contributed by atoms with Gasteiger partial charge in [-0.1, -0.05) is 26.3 Å². The fourth-order valence-corrected chi connectivity index (χ4v) is 2.50. The molecule has 0 unspecified atom stereocenters. The third kappa shape index (κ3) is 3.53. The van der Waals surface area contributed by atoms with Crippen LogP contribution in [0, 0.1) is 12.8 Å². The molecule has 0 radical (unpaired) electrons. The molecule has 1 aliphatic rings. The third-order valence-electron chi connectivity index (χ3n) is 4.00. The molecule has 2 rings (SSSR count). The van der Waals surface area contributed by atoms with E-state index in [1.165, 1.54) is 12.0 Å². The zero-order valence-electron chi connectivity index (χ0n) is 11.8. The van der Waals surface area contributed by atoms with Gasteiger partial charge in [0.05, 0.1) is 0 Å². The molecule has 1 fully saturated rings. The molecule has 18 heavy (non-hydrogen) atoms. The lowest BCUT2D eigenvalue weighted by Crippen LogP contribution is -2.52. The first-order valence-corrected chi connectivity index (χ1v) is 7.06. The van der Waals surface area contributed by atoms with Gasteiger partial charge in [0, 0.05) is 44.1 Å². The molecule has 1 N–H and O–H groups in total. The summed E-state index contributed by atoms with van der Waals surface area (Å²) in [5.41, 5.74) is 2.42. The van der Waals surface area contributed by atoms with E-state index in [2.05, 4.69) is 41.2 Å². The summed E-state index contributed by atoms with van der Waals surface area (Å²) in [6.45, 7) is 11.1. The van der Waals surface area contributed by atoms with Crippen LogP contribution in [0.2, 0.25) is 0 Å². The Labute approximate surface area is 111 Å². The highest BCUT2D eigenvalue weighted by molar-refractivity contribution is 5.13. The normalized spacial score (nSPS) is 22.9. The van der Waals surface area contributed by atoms with Crippen LogP contribution in [0.25, 0.3) is 0 Å². The van der Waals surface area contributed by atoms with Crippen molar-refractivity contribution in [3.8, 4) is 0 Å². The molecule has 3 heteroatoms. The summed E-state index contributed by atoms with van der Waals surface area (Å²) in [6.07, 6.45) is 3.26. The van der Waals surface area contributed by atoms with E-state index < -0.39 is 0 Å². The second-order valence-electron chi connectivity index (χ2n) is 5.49. The highest BCUT2D eigenvalue weighted by atomic mass is 15.2. The zero-order valence-corrected chi connectivity index (χ0v) is 11.8. The minimum absolute atomic E-state index is 0.641. The van der Waals surface area contributed by atoms with Crippen LogP contribution in [-0.4, -0.2) is 35.6 Å². The van der Waals surface area contributed by atoms with Crippen LogP contribution in [0.5, 0.6) is 0 Å². The molecule has 1 aliphatic heterocycles. The smallest absolute Gasteiger partial charge is 0.0372 e. The van der Waals surface area contributed by atoms with Crippen molar-refractivity contribution in [2.75, 3.05) is 19.6 Å². The number of rotatable bonds is 4. The Kier molecular flexibility index (Phi) is 4.72. The van der Waals surface area contributed by atoms with Gasteiger partial charge in [0.2, 0.25) is 0 Å². The molecule has 0 amide bonds. The van der Waals surface area contributed by atoms with E-state index in [4.69, 9.17) is 0 Å². The Morgan fingerprint density at radius 1 is 1.50 bits per heavy atom. The molecule has 0 spiro atoms. The SMILES string of the molecule is CC[C@@H](C)[C@H]1CN(Cc2ccc(C)nc2)CCN1. The molecule has 2 heterocycles. The summed E-state index contributed by atoms with van der Waals surface area (Å²) in [7, 11) is 0. The maximum absolute atomic E-state index is 4.37. The number of piperazine rings is 1. The van der Waals surface area contributed by atoms with Gasteiger partial charge in [0.1, 0.15) is 0 Å². The number of hydrogen-bond acceptors (Lipinski definition) is 3. The van der Waals surface area contributed by atoms with Crippen LogP contribution in [0.1, 0.15) is 31.5 Å². The number of aromatic nitrogens is 1. The Morgan fingerprint density at radius 3 is 3.00 bits per heavy atom. The molecule has 0 bridgehead atoms. The fraction of sp³-hybridized carbons (Fsp3) is 0.667. The Morgan fingerprint density at radius 2 is 2.33 bits per heavy atom. The number of nitrogens with zero attached hydrogens (tertiary/aromatic N) is 2. The van der Waals surface area contributed by atoms with E-state index >= 15 is 0 Å². The van der Waals surface area contributed by atoms with Crippen molar-refractivity contribution in [2.24, 2.45) is 5.92 Å². The second-order valence-corrected chi connectivity index (χ2v) is 5.49. The summed E-state index contributed by atoms with van der Waals surface area (Å²) >= 11 is 0. The first-order valence-electron chi connectivity index (χ1n) is 7.06. The first kappa shape index (κ1) is 13.5. The topological polar surface area (TPSA) is 28.2 Å². The van der Waals surface area contributed by atoms with Crippen molar-refractivity contribution in [1.82, 2.24) is 15.2 Å². The van der Waals surface area contributed by atoms with Crippen LogP contribution in [0.4, 0.5) is 0 Å². The third-order valence-corrected chi connectivity index (χ3v) is 4.00. The Hall–Kier alpha value is -0.930. The van der Waals surface area contributed by atoms with Crippen molar-refractivity contribution in [2.45, 2.75) is 39.8 Å². The van der Waals surface area contributed by atoms with Gasteiger partial charge in [-0.05, 0) is 24.5 Å². The van der Waals surface area contributed by atoms with Crippen molar-refractivity contribution in [3.63, 3.8) is 0 Å². The van der Waals surface area contributed by atoms with Gasteiger partial charge < -0.3 is 5.32 Å². The molecule has 100 valence electrons. The van der Waals surface area contributed by atoms with Gasteiger partial charge in [0.15, 0.2) is 0 Å². The highest BCUT2D eigenvalue weighted by Gasteiger charge is 2.22. The average Bonchev–Trinajstić information content (AvgIpc) is 2.41. The van der Waals surface area contributed by atoms with Crippen LogP contribution in [0.3, 0.4) is 0 Å². The van der Waals surface area contributed by atoms with Crippen LogP contribution < -0.4 is 5.32 Å². The number of hydrogen-bond donors (Lipinski definition) is 1. The largest absolute Gasteiger partial charge is 0.311 e. The van der Waals surface area contributed by atoms with Gasteiger partial charge in [-0.2, -0.15) is 0 Å². The van der Waals surface area contributed by atoms with E-state index in [9.17, 15) is 0 Å². The quantitative estimate of drug-likeness (QED) is 0.884. The molecule has 2 atom stereocenters. The maximum atomic E-state index is 4.37. The van der Waals surface area contributed by atoms with Crippen LogP contribution in [0.15, 0.2) is 18.3 Å². The zero-order chi connectivity index (χ0) is 13.0. The van der Waals surface area contributed by atoms with E-state index in [-0.39, 0.29) is 0 Å². The van der Waals surface area contributed by atoms with Crippen molar-refractivity contribution < 1.29 is 0 Å². The molecular formula is C15H25N3. The number of pyridine rings is 1. The molecule has 0 aromatic carbocycles. The summed E-state index contributed by atoms with van der Waals surface area (Å²) in [6, 6.07) is 4.94. The minimum atomic E-state index is 0.641. The number of nitrogens with one attached hydrogen (secondary N) is 1. The fourth-order valence-electron chi connectivity index (χ4n) is 2.50. The summed E-state index contributed by atoms with van der Waals surface area (Å²) in [4.78, 5) is 6.91. The van der Waals surface area contributed by atoms with E-state index in [0.717, 1.165) is 37.8 Å². The first-order chi connectivity index (χ1) is 8.69. The van der Waals surface area contributed by atoms with Crippen LogP contribution >= 0.6 is 0 Å². The lowest BCUT2D eigenvalue weighted by molar-refractivity contribution is 0.162. The van der Waals surface area contributed by atoms with Gasteiger partial charge in [-0.15, -0.1) is 0 Å². The standard InChI is InChI=1S/C15H25N3/c1-4-12(2)15-11-18(8-7-16-15)10-14-6-5-13(3)17-9-14/h5-6,9,12,15-16H,4,7-8,10-11H2,1-3H3/t12-,15-/m1/s1. The van der Waals surface area contributed by atoms with Gasteiger partial charge in [-0.25, -0.2) is 0 Å². The summed E-state index contributed by atoms with van der Waals surface area (Å²) in [5.74, 6) is 0.754. The van der Waals surface area contributed by atoms with Crippen LogP contribution in [-0.2, 0) is 6.54 Å². The van der Waals surface area contributed by atoms with E-state index in [1.807, 2.05) is 13.1 Å². The molecule has 0 aliphatic carbocycles. The van der Waals surface area contributed by atoms with Gasteiger partial charge in [-0.3, -0.25) is 9.88 Å². The molecule has 1 aromatic heterocycles. The van der Waals surface area contributed by atoms with Gasteiger partial charge in [0.25, 0.3) is 0 Å². The molecule has 0 saturated carbocycles. The average molecular weight is 247 g/mol. The monoisotopic (exact) mass is 247 g/mol. The van der Waals surface area contributed by atoms with Crippen molar-refractivity contribution in [1.29, 1.82) is 0 Å². The molecular weight excluding hydrogens is 222 g/mol. The molecule has 1 aromatic rings. The summed E-state index contributed by atoms with van der Waals surface area (Å²) < 4.78 is 0. The Bertz CT molecular complexity index is 361. The lowest BCUT2D eigenvalue weighted by Gasteiger charge is -2.36. The highest BCUT2D eigenvalue weighted by Crippen LogP contribution is 2.14. The van der Waals surface area contributed by atoms with E-state index in [0.29, 0.717) is 6.04 Å². The Balaban J connectivity index is 1.91. The summed E-state index contributed by atoms with van der Waals surface area (Å²) in [5, 5.41) is 3.64.